The summed E-state index contributed by atoms with van der Waals surface area (Å²) < 4.78 is 5.66. The summed E-state index contributed by atoms with van der Waals surface area (Å²) in [4.78, 5) is 25.6. The highest BCUT2D eigenvalue weighted by atomic mass is 35.5. The van der Waals surface area contributed by atoms with Crippen LogP contribution in [0.25, 0.3) is 0 Å². The van der Waals surface area contributed by atoms with E-state index in [0.717, 1.165) is 25.3 Å². The first-order valence-corrected chi connectivity index (χ1v) is 8.89. The molecule has 0 aliphatic carbocycles. The Hall–Kier alpha value is -1.59. The molecule has 6 heteroatoms. The Labute approximate surface area is 155 Å². The summed E-state index contributed by atoms with van der Waals surface area (Å²) >= 11 is 0. The summed E-state index contributed by atoms with van der Waals surface area (Å²) in [7, 11) is 0. The number of likely N-dealkylation sites (tertiary alicyclic amines) is 1. The van der Waals surface area contributed by atoms with Crippen molar-refractivity contribution < 1.29 is 14.3 Å². The zero-order valence-corrected chi connectivity index (χ0v) is 15.5. The maximum atomic E-state index is 12.4. The van der Waals surface area contributed by atoms with Gasteiger partial charge in [0.15, 0.2) is 5.78 Å². The maximum Gasteiger partial charge on any atom is 0.222 e. The smallest absolute Gasteiger partial charge is 0.222 e. The fourth-order valence-corrected chi connectivity index (χ4v) is 3.53. The largest absolute Gasteiger partial charge is 0.494 e. The zero-order chi connectivity index (χ0) is 16.9. The highest BCUT2D eigenvalue weighted by molar-refractivity contribution is 5.94. The fourth-order valence-electron chi connectivity index (χ4n) is 3.53. The number of rotatable bonds is 6. The Morgan fingerprint density at radius 2 is 1.88 bits per heavy atom. The van der Waals surface area contributed by atoms with Crippen molar-refractivity contribution in [1.29, 1.82) is 0 Å². The van der Waals surface area contributed by atoms with E-state index in [0.29, 0.717) is 37.1 Å². The van der Waals surface area contributed by atoms with Crippen molar-refractivity contribution in [3.63, 3.8) is 0 Å². The molecule has 2 heterocycles. The Morgan fingerprint density at radius 3 is 2.60 bits per heavy atom. The summed E-state index contributed by atoms with van der Waals surface area (Å²) in [6.07, 6.45) is 4.76. The molecular weight excluding hydrogens is 340 g/mol. The quantitative estimate of drug-likeness (QED) is 0.621. The normalized spacial score (nSPS) is 22.0. The highest BCUT2D eigenvalue weighted by Crippen LogP contribution is 2.21. The molecule has 2 aliphatic rings. The molecule has 2 fully saturated rings. The number of Topliss-reactive ketones (excluding diaryl/α,β-unsaturated/α-hetero) is 1. The van der Waals surface area contributed by atoms with Gasteiger partial charge in [0.2, 0.25) is 5.91 Å². The Bertz CT molecular complexity index is 591. The highest BCUT2D eigenvalue weighted by Gasteiger charge is 2.30. The molecule has 2 saturated heterocycles. The van der Waals surface area contributed by atoms with E-state index in [1.807, 2.05) is 4.90 Å². The second kappa shape index (κ2) is 9.20. The van der Waals surface area contributed by atoms with Crippen LogP contribution in [0, 0.1) is 0 Å². The second-order valence-electron chi connectivity index (χ2n) is 6.80. The molecule has 2 unspecified atom stereocenters. The van der Waals surface area contributed by atoms with Gasteiger partial charge in [-0.25, -0.2) is 0 Å². The minimum atomic E-state index is 0. The summed E-state index contributed by atoms with van der Waals surface area (Å²) in [6.45, 7) is 3.79. The van der Waals surface area contributed by atoms with E-state index in [1.165, 1.54) is 12.8 Å². The van der Waals surface area contributed by atoms with Crippen LogP contribution in [0.1, 0.15) is 49.4 Å². The Morgan fingerprint density at radius 1 is 1.16 bits per heavy atom. The van der Waals surface area contributed by atoms with Crippen LogP contribution in [0.4, 0.5) is 0 Å². The molecule has 25 heavy (non-hydrogen) atoms. The number of carbonyl (C=O) groups excluding carboxylic acids is 2. The van der Waals surface area contributed by atoms with Crippen LogP contribution in [-0.4, -0.2) is 48.4 Å². The number of fused-ring (bicyclic) bond motifs is 2. The minimum absolute atomic E-state index is 0. The van der Waals surface area contributed by atoms with E-state index in [1.54, 1.807) is 31.2 Å². The molecule has 138 valence electrons. The van der Waals surface area contributed by atoms with Gasteiger partial charge in [0.1, 0.15) is 5.75 Å². The first-order valence-electron chi connectivity index (χ1n) is 8.89. The van der Waals surface area contributed by atoms with Gasteiger partial charge in [-0.1, -0.05) is 0 Å². The SMILES string of the molecule is CC(=O)c1ccc(OCCCC(=O)N2CCC3CCC(C2)N3)cc1.Cl. The Kier molecular flexibility index (Phi) is 7.26. The number of benzene rings is 1. The third-order valence-corrected chi connectivity index (χ3v) is 4.94. The predicted octanol–water partition coefficient (Wildman–Crippen LogP) is 2.82. The lowest BCUT2D eigenvalue weighted by molar-refractivity contribution is -0.131. The zero-order valence-electron chi connectivity index (χ0n) is 14.7. The molecule has 1 N–H and O–H groups in total. The third kappa shape index (κ3) is 5.44. The van der Waals surface area contributed by atoms with Crippen LogP contribution in [0.3, 0.4) is 0 Å². The third-order valence-electron chi connectivity index (χ3n) is 4.94. The lowest BCUT2D eigenvalue weighted by atomic mass is 10.1. The van der Waals surface area contributed by atoms with Crippen LogP contribution in [-0.2, 0) is 4.79 Å². The van der Waals surface area contributed by atoms with Gasteiger partial charge < -0.3 is 15.0 Å². The van der Waals surface area contributed by atoms with Gasteiger partial charge in [-0.05, 0) is 56.9 Å². The van der Waals surface area contributed by atoms with Crippen molar-refractivity contribution in [2.45, 2.75) is 51.1 Å². The van der Waals surface area contributed by atoms with E-state index in [4.69, 9.17) is 4.74 Å². The molecular formula is C19H27ClN2O3. The van der Waals surface area contributed by atoms with E-state index in [9.17, 15) is 9.59 Å². The molecule has 2 atom stereocenters. The van der Waals surface area contributed by atoms with Crippen LogP contribution in [0.5, 0.6) is 5.75 Å². The van der Waals surface area contributed by atoms with Crippen LogP contribution in [0.2, 0.25) is 0 Å². The molecule has 2 bridgehead atoms. The van der Waals surface area contributed by atoms with Crippen molar-refractivity contribution in [3.8, 4) is 5.75 Å². The lowest BCUT2D eigenvalue weighted by Crippen LogP contribution is -2.39. The molecule has 1 aromatic carbocycles. The number of halogens is 1. The summed E-state index contributed by atoms with van der Waals surface area (Å²) in [5, 5.41) is 3.60. The average molecular weight is 367 g/mol. The number of ketones is 1. The lowest BCUT2D eigenvalue weighted by Gasteiger charge is -2.24. The van der Waals surface area contributed by atoms with Gasteiger partial charge in [-0.15, -0.1) is 12.4 Å². The van der Waals surface area contributed by atoms with Crippen LogP contribution >= 0.6 is 12.4 Å². The average Bonchev–Trinajstić information content (AvgIpc) is 2.90. The number of hydrogen-bond acceptors (Lipinski definition) is 4. The number of nitrogens with zero attached hydrogens (tertiary/aromatic N) is 1. The number of amides is 1. The van der Waals surface area contributed by atoms with Gasteiger partial charge >= 0.3 is 0 Å². The van der Waals surface area contributed by atoms with E-state index < -0.39 is 0 Å². The van der Waals surface area contributed by atoms with Gasteiger partial charge in [0.05, 0.1) is 6.61 Å². The van der Waals surface area contributed by atoms with Gasteiger partial charge in [0, 0.05) is 37.2 Å². The van der Waals surface area contributed by atoms with Crippen molar-refractivity contribution in [2.24, 2.45) is 0 Å². The van der Waals surface area contributed by atoms with E-state index in [-0.39, 0.29) is 24.1 Å². The van der Waals surface area contributed by atoms with Gasteiger partial charge in [-0.3, -0.25) is 9.59 Å². The summed E-state index contributed by atoms with van der Waals surface area (Å²) in [5.74, 6) is 1.02. The van der Waals surface area contributed by atoms with Crippen molar-refractivity contribution in [1.82, 2.24) is 10.2 Å². The van der Waals surface area contributed by atoms with Crippen molar-refractivity contribution in [2.75, 3.05) is 19.7 Å². The standard InChI is InChI=1S/C19H26N2O3.ClH/c1-14(22)15-4-8-18(9-5-15)24-12-2-3-19(23)21-11-10-16-6-7-17(13-21)20-16;/h4-5,8-9,16-17,20H,2-3,6-7,10-13H2,1H3;1H. The van der Waals surface area contributed by atoms with Gasteiger partial charge in [0.25, 0.3) is 0 Å². The molecule has 0 spiro atoms. The molecule has 2 aliphatic heterocycles. The summed E-state index contributed by atoms with van der Waals surface area (Å²) in [5.41, 5.74) is 0.682. The molecule has 5 nitrogen and oxygen atoms in total. The molecule has 0 aromatic heterocycles. The molecule has 0 saturated carbocycles. The minimum Gasteiger partial charge on any atom is -0.494 e. The first-order chi connectivity index (χ1) is 11.6. The first kappa shape index (κ1) is 19.7. The van der Waals surface area contributed by atoms with Crippen molar-refractivity contribution in [3.05, 3.63) is 29.8 Å². The monoisotopic (exact) mass is 366 g/mol. The molecule has 1 amide bonds. The number of carbonyl (C=O) groups is 2. The second-order valence-corrected chi connectivity index (χ2v) is 6.80. The topological polar surface area (TPSA) is 58.6 Å². The van der Waals surface area contributed by atoms with Gasteiger partial charge in [-0.2, -0.15) is 0 Å². The Balaban J connectivity index is 0.00000225. The molecule has 3 rings (SSSR count). The number of nitrogens with one attached hydrogen (secondary N) is 1. The summed E-state index contributed by atoms with van der Waals surface area (Å²) in [6, 6.07) is 8.22. The maximum absolute atomic E-state index is 12.4. The molecule has 0 radical (unpaired) electrons. The molecule has 1 aromatic rings. The van der Waals surface area contributed by atoms with Crippen LogP contribution < -0.4 is 10.1 Å². The predicted molar refractivity (Wildman–Crippen MR) is 99.6 cm³/mol. The van der Waals surface area contributed by atoms with Crippen LogP contribution in [0.15, 0.2) is 24.3 Å². The van der Waals surface area contributed by atoms with E-state index >= 15 is 0 Å². The van der Waals surface area contributed by atoms with Crippen molar-refractivity contribution >= 4 is 24.1 Å². The fraction of sp³-hybridized carbons (Fsp3) is 0.579. The number of ether oxygens (including phenoxy) is 1. The number of hydrogen-bond donors (Lipinski definition) is 1. The van der Waals surface area contributed by atoms with E-state index in [2.05, 4.69) is 5.32 Å².